The molecular formula is C13H15N5. The quantitative estimate of drug-likeness (QED) is 0.729. The van der Waals surface area contributed by atoms with Crippen LogP contribution < -0.4 is 5.73 Å². The first-order valence-electron chi connectivity index (χ1n) is 5.93. The summed E-state index contributed by atoms with van der Waals surface area (Å²) in [4.78, 5) is 11.9. The molecule has 0 saturated heterocycles. The average Bonchev–Trinajstić information content (AvgIpc) is 2.97. The standard InChI is InChI=1S/C13H15N5/c1-18-8-17-11-6-9(2-3-12(11)18)13-10(4-5-14)15-7-16-13/h2-3,6-8H,4-5,14H2,1H3,(H,15,16). The summed E-state index contributed by atoms with van der Waals surface area (Å²) in [6.07, 6.45) is 4.33. The summed E-state index contributed by atoms with van der Waals surface area (Å²) in [6.45, 7) is 0.612. The number of hydrogen-bond donors (Lipinski definition) is 2. The molecule has 0 bridgehead atoms. The number of nitrogens with zero attached hydrogens (tertiary/aromatic N) is 3. The van der Waals surface area contributed by atoms with Gasteiger partial charge in [-0.3, -0.25) is 0 Å². The van der Waals surface area contributed by atoms with Gasteiger partial charge >= 0.3 is 0 Å². The van der Waals surface area contributed by atoms with Crippen molar-refractivity contribution >= 4 is 11.0 Å². The largest absolute Gasteiger partial charge is 0.348 e. The third-order valence-electron chi connectivity index (χ3n) is 3.11. The number of imidazole rings is 2. The Kier molecular flexibility index (Phi) is 2.60. The summed E-state index contributed by atoms with van der Waals surface area (Å²) in [5.74, 6) is 0. The molecule has 1 aromatic carbocycles. The molecule has 3 aromatic rings. The van der Waals surface area contributed by atoms with E-state index in [1.165, 1.54) is 0 Å². The molecular weight excluding hydrogens is 226 g/mol. The monoisotopic (exact) mass is 241 g/mol. The molecule has 0 saturated carbocycles. The van der Waals surface area contributed by atoms with Gasteiger partial charge in [0.05, 0.1) is 29.4 Å². The van der Waals surface area contributed by atoms with Crippen molar-refractivity contribution < 1.29 is 0 Å². The van der Waals surface area contributed by atoms with Gasteiger partial charge in [0, 0.05) is 24.7 Å². The Morgan fingerprint density at radius 1 is 1.33 bits per heavy atom. The van der Waals surface area contributed by atoms with Gasteiger partial charge < -0.3 is 15.3 Å². The maximum absolute atomic E-state index is 5.60. The zero-order valence-corrected chi connectivity index (χ0v) is 10.2. The molecule has 92 valence electrons. The van der Waals surface area contributed by atoms with Crippen LogP contribution >= 0.6 is 0 Å². The predicted molar refractivity (Wildman–Crippen MR) is 71.1 cm³/mol. The molecule has 5 heteroatoms. The lowest BCUT2D eigenvalue weighted by atomic mass is 10.1. The van der Waals surface area contributed by atoms with E-state index in [4.69, 9.17) is 5.73 Å². The summed E-state index contributed by atoms with van der Waals surface area (Å²) in [6, 6.07) is 6.20. The molecule has 0 aliphatic carbocycles. The van der Waals surface area contributed by atoms with Crippen molar-refractivity contribution in [3.8, 4) is 11.3 Å². The Balaban J connectivity index is 2.10. The number of fused-ring (bicyclic) bond motifs is 1. The van der Waals surface area contributed by atoms with Crippen molar-refractivity contribution in [2.45, 2.75) is 6.42 Å². The minimum atomic E-state index is 0.612. The van der Waals surface area contributed by atoms with Crippen LogP contribution in [-0.4, -0.2) is 26.1 Å². The number of benzene rings is 1. The summed E-state index contributed by atoms with van der Waals surface area (Å²) >= 11 is 0. The first-order chi connectivity index (χ1) is 8.79. The van der Waals surface area contributed by atoms with Gasteiger partial charge in [-0.05, 0) is 18.7 Å². The van der Waals surface area contributed by atoms with Crippen molar-refractivity contribution in [2.24, 2.45) is 12.8 Å². The average molecular weight is 241 g/mol. The van der Waals surface area contributed by atoms with Crippen LogP contribution in [0, 0.1) is 0 Å². The molecule has 2 aromatic heterocycles. The number of hydrogen-bond acceptors (Lipinski definition) is 3. The Labute approximate surface area is 105 Å². The second kappa shape index (κ2) is 4.27. The number of nitrogens with two attached hydrogens (primary N) is 1. The SMILES string of the molecule is Cn1cnc2cc(-c3nc[nH]c3CCN)ccc21. The van der Waals surface area contributed by atoms with E-state index in [0.29, 0.717) is 6.54 Å². The third-order valence-corrected chi connectivity index (χ3v) is 3.11. The highest BCUT2D eigenvalue weighted by atomic mass is 15.0. The van der Waals surface area contributed by atoms with Crippen LogP contribution in [-0.2, 0) is 13.5 Å². The third kappa shape index (κ3) is 1.69. The maximum atomic E-state index is 5.60. The van der Waals surface area contributed by atoms with Crippen molar-refractivity contribution in [2.75, 3.05) is 6.54 Å². The first kappa shape index (κ1) is 11.0. The van der Waals surface area contributed by atoms with E-state index in [-0.39, 0.29) is 0 Å². The Hall–Kier alpha value is -2.14. The van der Waals surface area contributed by atoms with E-state index in [0.717, 1.165) is 34.4 Å². The predicted octanol–water partition coefficient (Wildman–Crippen LogP) is 1.46. The Bertz CT molecular complexity index is 680. The molecule has 0 unspecified atom stereocenters. The van der Waals surface area contributed by atoms with Gasteiger partial charge in [-0.25, -0.2) is 9.97 Å². The fourth-order valence-corrected chi connectivity index (χ4v) is 2.19. The lowest BCUT2D eigenvalue weighted by Gasteiger charge is -2.02. The van der Waals surface area contributed by atoms with Crippen molar-refractivity contribution in [1.29, 1.82) is 0 Å². The number of rotatable bonds is 3. The van der Waals surface area contributed by atoms with Crippen molar-refractivity contribution in [1.82, 2.24) is 19.5 Å². The molecule has 0 atom stereocenters. The highest BCUT2D eigenvalue weighted by Crippen LogP contribution is 2.24. The highest BCUT2D eigenvalue weighted by molar-refractivity contribution is 5.81. The van der Waals surface area contributed by atoms with Gasteiger partial charge in [0.25, 0.3) is 0 Å². The van der Waals surface area contributed by atoms with Crippen LogP contribution in [0.1, 0.15) is 5.69 Å². The van der Waals surface area contributed by atoms with E-state index in [2.05, 4.69) is 33.2 Å². The molecule has 5 nitrogen and oxygen atoms in total. The van der Waals surface area contributed by atoms with Crippen LogP contribution in [0.2, 0.25) is 0 Å². The van der Waals surface area contributed by atoms with Gasteiger partial charge in [0.2, 0.25) is 0 Å². The molecule has 0 spiro atoms. The minimum Gasteiger partial charge on any atom is -0.348 e. The van der Waals surface area contributed by atoms with Crippen LogP contribution in [0.3, 0.4) is 0 Å². The van der Waals surface area contributed by atoms with Gasteiger partial charge in [-0.15, -0.1) is 0 Å². The summed E-state index contributed by atoms with van der Waals surface area (Å²) < 4.78 is 2.00. The number of aromatic amines is 1. The fraction of sp³-hybridized carbons (Fsp3) is 0.231. The molecule has 18 heavy (non-hydrogen) atoms. The maximum Gasteiger partial charge on any atom is 0.0955 e. The molecule has 2 heterocycles. The van der Waals surface area contributed by atoms with Crippen LogP contribution in [0.25, 0.3) is 22.3 Å². The van der Waals surface area contributed by atoms with Gasteiger partial charge in [0.15, 0.2) is 0 Å². The van der Waals surface area contributed by atoms with Gasteiger partial charge in [-0.1, -0.05) is 6.07 Å². The van der Waals surface area contributed by atoms with E-state index < -0.39 is 0 Å². The van der Waals surface area contributed by atoms with E-state index in [1.54, 1.807) is 6.33 Å². The van der Waals surface area contributed by atoms with E-state index in [9.17, 15) is 0 Å². The van der Waals surface area contributed by atoms with Gasteiger partial charge in [0.1, 0.15) is 0 Å². The van der Waals surface area contributed by atoms with Crippen molar-refractivity contribution in [3.05, 3.63) is 36.5 Å². The zero-order valence-electron chi connectivity index (χ0n) is 10.2. The van der Waals surface area contributed by atoms with E-state index in [1.807, 2.05) is 17.9 Å². The van der Waals surface area contributed by atoms with Gasteiger partial charge in [-0.2, -0.15) is 0 Å². The number of H-pyrrole nitrogens is 1. The van der Waals surface area contributed by atoms with Crippen LogP contribution in [0.15, 0.2) is 30.9 Å². The summed E-state index contributed by atoms with van der Waals surface area (Å²) in [7, 11) is 1.99. The van der Waals surface area contributed by atoms with Crippen LogP contribution in [0.4, 0.5) is 0 Å². The Morgan fingerprint density at radius 2 is 2.22 bits per heavy atom. The number of nitrogens with one attached hydrogen (secondary N) is 1. The Morgan fingerprint density at radius 3 is 3.06 bits per heavy atom. The fourth-order valence-electron chi connectivity index (χ4n) is 2.19. The molecule has 0 aliphatic heterocycles. The topological polar surface area (TPSA) is 72.5 Å². The molecule has 0 aliphatic rings. The lowest BCUT2D eigenvalue weighted by molar-refractivity contribution is 0.937. The summed E-state index contributed by atoms with van der Waals surface area (Å²) in [5, 5.41) is 0. The molecule has 0 radical (unpaired) electrons. The second-order valence-electron chi connectivity index (χ2n) is 4.33. The zero-order chi connectivity index (χ0) is 12.5. The smallest absolute Gasteiger partial charge is 0.0955 e. The molecule has 0 amide bonds. The summed E-state index contributed by atoms with van der Waals surface area (Å²) in [5.41, 5.74) is 10.8. The molecule has 3 rings (SSSR count). The minimum absolute atomic E-state index is 0.612. The number of aryl methyl sites for hydroxylation is 1. The molecule has 0 fully saturated rings. The first-order valence-corrected chi connectivity index (χ1v) is 5.93. The van der Waals surface area contributed by atoms with E-state index >= 15 is 0 Å². The lowest BCUT2D eigenvalue weighted by Crippen LogP contribution is -2.04. The van der Waals surface area contributed by atoms with Crippen molar-refractivity contribution in [3.63, 3.8) is 0 Å². The van der Waals surface area contributed by atoms with Crippen LogP contribution in [0.5, 0.6) is 0 Å². The number of aromatic nitrogens is 4. The normalized spacial score (nSPS) is 11.2. The second-order valence-corrected chi connectivity index (χ2v) is 4.33. The highest BCUT2D eigenvalue weighted by Gasteiger charge is 2.09. The molecule has 3 N–H and O–H groups in total.